The van der Waals surface area contributed by atoms with Crippen molar-refractivity contribution in [3.63, 3.8) is 0 Å². The first-order valence-electron chi connectivity index (χ1n) is 12.6. The van der Waals surface area contributed by atoms with E-state index in [2.05, 4.69) is 24.8 Å². The van der Waals surface area contributed by atoms with Crippen molar-refractivity contribution in [2.75, 3.05) is 0 Å². The van der Waals surface area contributed by atoms with Crippen molar-refractivity contribution in [1.29, 1.82) is 0 Å². The highest BCUT2D eigenvalue weighted by atomic mass is 16.5. The van der Waals surface area contributed by atoms with Crippen molar-refractivity contribution < 1.29 is 20.2 Å². The largest absolute Gasteiger partial charge is 0.508 e. The summed E-state index contributed by atoms with van der Waals surface area (Å²) in [6.07, 6.45) is 7.04. The Hall–Kier alpha value is -2.13. The second-order valence-corrected chi connectivity index (χ2v) is 12.3. The van der Waals surface area contributed by atoms with E-state index in [9.17, 15) is 20.2 Å². The number of benzene rings is 1. The third kappa shape index (κ3) is 3.22. The first-order valence-corrected chi connectivity index (χ1v) is 12.6. The first kappa shape index (κ1) is 23.6. The minimum absolute atomic E-state index is 0.331. The molecule has 0 unspecified atom stereocenters. The third-order valence-corrected chi connectivity index (χ3v) is 9.68. The number of carbonyl (C=O) groups excluding carboxylic acids is 1. The minimum Gasteiger partial charge on any atom is -0.508 e. The summed E-state index contributed by atoms with van der Waals surface area (Å²) in [5, 5.41) is 35.3. The van der Waals surface area contributed by atoms with E-state index in [0.29, 0.717) is 35.5 Å². The summed E-state index contributed by atoms with van der Waals surface area (Å²) >= 11 is 0. The van der Waals surface area contributed by atoms with Crippen LogP contribution >= 0.6 is 0 Å². The summed E-state index contributed by atoms with van der Waals surface area (Å²) < 4.78 is 0. The lowest BCUT2D eigenvalue weighted by atomic mass is 9.53. The molecule has 1 aliphatic heterocycles. The Morgan fingerprint density at radius 3 is 2.50 bits per heavy atom. The van der Waals surface area contributed by atoms with Crippen molar-refractivity contribution in [1.82, 2.24) is 5.06 Å². The van der Waals surface area contributed by atoms with Crippen molar-refractivity contribution in [3.05, 3.63) is 41.0 Å². The highest BCUT2D eigenvalue weighted by Gasteiger charge is 2.61. The second-order valence-electron chi connectivity index (χ2n) is 12.3. The van der Waals surface area contributed by atoms with Crippen LogP contribution in [0.4, 0.5) is 0 Å². The number of ketones is 1. The van der Waals surface area contributed by atoms with Crippen molar-refractivity contribution in [2.24, 2.45) is 17.3 Å². The van der Waals surface area contributed by atoms with Crippen LogP contribution in [0.1, 0.15) is 83.8 Å². The first-order chi connectivity index (χ1) is 15.8. The van der Waals surface area contributed by atoms with Crippen LogP contribution in [0.15, 0.2) is 29.8 Å². The molecule has 1 aromatic carbocycles. The molecule has 34 heavy (non-hydrogen) atoms. The molecule has 5 rings (SSSR count). The Morgan fingerprint density at radius 1 is 1.09 bits per heavy atom. The van der Waals surface area contributed by atoms with Gasteiger partial charge in [-0.1, -0.05) is 25.0 Å². The number of carbonyl (C=O) groups is 1. The molecule has 5 nitrogen and oxygen atoms in total. The summed E-state index contributed by atoms with van der Waals surface area (Å²) in [7, 11) is 0. The van der Waals surface area contributed by atoms with Gasteiger partial charge in [-0.15, -0.1) is 10.3 Å². The lowest BCUT2D eigenvalue weighted by molar-refractivity contribution is -0.238. The number of fused-ring (bicyclic) bond motifs is 5. The molecule has 0 saturated heterocycles. The summed E-state index contributed by atoms with van der Waals surface area (Å²) in [6, 6.07) is 5.78. The number of aliphatic hydroxyl groups is 1. The fourth-order valence-electron chi connectivity index (χ4n) is 7.78. The number of hydrogen-bond donors (Lipinski definition) is 2. The quantitative estimate of drug-likeness (QED) is 0.468. The van der Waals surface area contributed by atoms with E-state index in [-0.39, 0.29) is 11.2 Å². The Bertz CT molecular complexity index is 1140. The maximum Gasteiger partial charge on any atom is 0.233 e. The molecule has 2 N–H and O–H groups in total. The Kier molecular flexibility index (Phi) is 5.16. The van der Waals surface area contributed by atoms with Crippen LogP contribution in [0.3, 0.4) is 0 Å². The standard InChI is InChI=1S/C29H36NO4/c1-26(2)17-24(27(3,4)30(26)34)25(32)12-15-29(33)14-11-23-22-8-6-18-16-19(31)7-9-20(18)21(22)10-13-28(23,29)5/h7,9,16-17,21-23,31,33H,6,8,10-11,13-14H2,1-5H3/t21-,22-,23+,28+,29-/m1/s1. The number of nitrogens with zero attached hydrogens (tertiary/aromatic N) is 1. The average Bonchev–Trinajstić information content (AvgIpc) is 3.14. The molecular formula is C29H36NO4. The Labute approximate surface area is 202 Å². The zero-order chi connectivity index (χ0) is 24.7. The van der Waals surface area contributed by atoms with Gasteiger partial charge < -0.3 is 10.2 Å². The fourth-order valence-corrected chi connectivity index (χ4v) is 7.78. The number of phenolic OH excluding ortho intramolecular Hbond substituents is 1. The number of hydroxylamine groups is 2. The van der Waals surface area contributed by atoms with E-state index in [0.717, 1.165) is 37.2 Å². The monoisotopic (exact) mass is 462 g/mol. The van der Waals surface area contributed by atoms with Gasteiger partial charge >= 0.3 is 0 Å². The van der Waals surface area contributed by atoms with Crippen molar-refractivity contribution in [2.45, 2.75) is 95.7 Å². The minimum atomic E-state index is -1.20. The summed E-state index contributed by atoms with van der Waals surface area (Å²) in [5.41, 5.74) is -0.243. The molecule has 1 radical (unpaired) electrons. The fraction of sp³-hybridized carbons (Fsp3) is 0.621. The van der Waals surface area contributed by atoms with Crippen LogP contribution < -0.4 is 0 Å². The second kappa shape index (κ2) is 7.43. The third-order valence-electron chi connectivity index (χ3n) is 9.68. The van der Waals surface area contributed by atoms with Gasteiger partial charge in [0.15, 0.2) is 0 Å². The summed E-state index contributed by atoms with van der Waals surface area (Å²) in [5.74, 6) is 7.06. The van der Waals surface area contributed by atoms with E-state index >= 15 is 0 Å². The van der Waals surface area contributed by atoms with Gasteiger partial charge in [-0.3, -0.25) is 4.79 Å². The van der Waals surface area contributed by atoms with Gasteiger partial charge in [0, 0.05) is 11.0 Å². The normalized spacial score (nSPS) is 37.6. The van der Waals surface area contributed by atoms with E-state index in [1.807, 2.05) is 6.07 Å². The molecular weight excluding hydrogens is 426 g/mol. The van der Waals surface area contributed by atoms with Crippen LogP contribution in [0, 0.1) is 29.1 Å². The lowest BCUT2D eigenvalue weighted by Gasteiger charge is -2.52. The Balaban J connectivity index is 1.41. The van der Waals surface area contributed by atoms with E-state index in [4.69, 9.17) is 0 Å². The summed E-state index contributed by atoms with van der Waals surface area (Å²) in [6.45, 7) is 9.27. The molecule has 0 amide bonds. The molecule has 0 bridgehead atoms. The van der Waals surface area contributed by atoms with Gasteiger partial charge in [-0.05, 0) is 113 Å². The molecule has 5 atom stereocenters. The highest BCUT2D eigenvalue weighted by molar-refractivity contribution is 6.10. The average molecular weight is 463 g/mol. The van der Waals surface area contributed by atoms with E-state index in [1.165, 1.54) is 11.1 Å². The van der Waals surface area contributed by atoms with Crippen LogP contribution in [0.25, 0.3) is 0 Å². The number of rotatable bonds is 1. The predicted octanol–water partition coefficient (Wildman–Crippen LogP) is 4.70. The molecule has 0 aromatic heterocycles. The van der Waals surface area contributed by atoms with Gasteiger partial charge in [0.25, 0.3) is 0 Å². The lowest BCUT2D eigenvalue weighted by Crippen LogP contribution is -2.50. The molecule has 5 heteroatoms. The predicted molar refractivity (Wildman–Crippen MR) is 129 cm³/mol. The maximum absolute atomic E-state index is 13.1. The number of aryl methyl sites for hydroxylation is 1. The molecule has 2 saturated carbocycles. The van der Waals surface area contributed by atoms with Gasteiger partial charge in [0.1, 0.15) is 11.4 Å². The summed E-state index contributed by atoms with van der Waals surface area (Å²) in [4.78, 5) is 13.1. The molecule has 1 aromatic rings. The van der Waals surface area contributed by atoms with Crippen LogP contribution in [0.5, 0.6) is 5.75 Å². The molecule has 181 valence electrons. The van der Waals surface area contributed by atoms with Gasteiger partial charge in [-0.2, -0.15) is 0 Å². The molecule has 3 aliphatic carbocycles. The SMILES string of the molecule is CC1(C)C=C(C(=O)C#C[C@]2(O)CC[C@H]3[C@@H]4CCc5cc(O)ccc5[C@H]4CC[C@@]32C)C(C)(C)N1[O]. The Morgan fingerprint density at radius 2 is 1.82 bits per heavy atom. The van der Waals surface area contributed by atoms with Crippen molar-refractivity contribution in [3.8, 4) is 17.6 Å². The molecule has 1 heterocycles. The molecule has 0 spiro atoms. The number of Topliss-reactive ketones (excluding diaryl/α,β-unsaturated/α-hetero) is 1. The number of hydrogen-bond acceptors (Lipinski definition) is 4. The topological polar surface area (TPSA) is 80.7 Å². The zero-order valence-electron chi connectivity index (χ0n) is 20.9. The maximum atomic E-state index is 13.1. The number of phenols is 1. The van der Waals surface area contributed by atoms with Crippen LogP contribution in [-0.2, 0) is 16.4 Å². The molecule has 4 aliphatic rings. The van der Waals surface area contributed by atoms with Gasteiger partial charge in [0.05, 0.1) is 11.1 Å². The number of aromatic hydroxyl groups is 1. The smallest absolute Gasteiger partial charge is 0.233 e. The van der Waals surface area contributed by atoms with Crippen molar-refractivity contribution >= 4 is 5.78 Å². The molecule has 2 fully saturated rings. The van der Waals surface area contributed by atoms with Crippen LogP contribution in [-0.4, -0.2) is 37.7 Å². The van der Waals surface area contributed by atoms with E-state index < -0.39 is 16.7 Å². The zero-order valence-corrected chi connectivity index (χ0v) is 20.9. The van der Waals surface area contributed by atoms with Gasteiger partial charge in [0.2, 0.25) is 5.78 Å². The van der Waals surface area contributed by atoms with E-state index in [1.54, 1.807) is 39.8 Å². The van der Waals surface area contributed by atoms with Crippen LogP contribution in [0.2, 0.25) is 0 Å². The highest BCUT2D eigenvalue weighted by Crippen LogP contribution is 2.64. The van der Waals surface area contributed by atoms with Gasteiger partial charge in [-0.25, -0.2) is 0 Å².